The normalized spacial score (nSPS) is 33.0. The number of hydrogen-bond acceptors (Lipinski definition) is 2. The highest BCUT2D eigenvalue weighted by molar-refractivity contribution is 4.91. The summed E-state index contributed by atoms with van der Waals surface area (Å²) < 4.78 is 0. The molecule has 2 heteroatoms. The van der Waals surface area contributed by atoms with Crippen molar-refractivity contribution in [2.75, 3.05) is 33.2 Å². The first kappa shape index (κ1) is 15.3. The molecule has 1 N–H and O–H groups in total. The van der Waals surface area contributed by atoms with E-state index >= 15 is 0 Å². The lowest BCUT2D eigenvalue weighted by molar-refractivity contribution is 0.146. The highest BCUT2D eigenvalue weighted by Gasteiger charge is 2.40. The molecule has 0 aromatic rings. The Morgan fingerprint density at radius 3 is 2.53 bits per heavy atom. The Balaban J connectivity index is 1.77. The van der Waals surface area contributed by atoms with Crippen LogP contribution >= 0.6 is 0 Å². The van der Waals surface area contributed by atoms with Crippen molar-refractivity contribution in [2.24, 2.45) is 23.2 Å². The van der Waals surface area contributed by atoms with Crippen molar-refractivity contribution in [3.63, 3.8) is 0 Å². The Bertz CT molecular complexity index is 278. The van der Waals surface area contributed by atoms with Crippen molar-refractivity contribution in [1.82, 2.24) is 10.2 Å². The fraction of sp³-hybridized carbons (Fsp3) is 1.00. The van der Waals surface area contributed by atoms with Gasteiger partial charge in [0.25, 0.3) is 0 Å². The Labute approximate surface area is 120 Å². The Morgan fingerprint density at radius 1 is 1.21 bits per heavy atom. The van der Waals surface area contributed by atoms with Gasteiger partial charge in [-0.25, -0.2) is 0 Å². The Kier molecular flexibility index (Phi) is 5.30. The van der Waals surface area contributed by atoms with E-state index in [1.807, 2.05) is 0 Å². The number of nitrogens with one attached hydrogen (secondary N) is 1. The molecule has 4 unspecified atom stereocenters. The van der Waals surface area contributed by atoms with E-state index in [9.17, 15) is 0 Å². The molecule has 2 aliphatic carbocycles. The number of hydrogen-bond donors (Lipinski definition) is 1. The molecule has 2 rings (SSSR count). The van der Waals surface area contributed by atoms with Gasteiger partial charge >= 0.3 is 0 Å². The van der Waals surface area contributed by atoms with Crippen LogP contribution in [0.2, 0.25) is 0 Å². The summed E-state index contributed by atoms with van der Waals surface area (Å²) in [6.45, 7) is 11.8. The lowest BCUT2D eigenvalue weighted by Crippen LogP contribution is -2.42. The molecule has 2 fully saturated rings. The van der Waals surface area contributed by atoms with E-state index in [2.05, 4.69) is 38.0 Å². The molecule has 0 aliphatic heterocycles. The van der Waals surface area contributed by atoms with Crippen LogP contribution in [0.25, 0.3) is 0 Å². The van der Waals surface area contributed by atoms with Crippen LogP contribution in [0.1, 0.15) is 52.9 Å². The quantitative estimate of drug-likeness (QED) is 0.724. The summed E-state index contributed by atoms with van der Waals surface area (Å²) in [7, 11) is 2.34. The summed E-state index contributed by atoms with van der Waals surface area (Å²) in [4.78, 5) is 2.62. The molecule has 2 bridgehead atoms. The SMILES string of the molecule is CCNCC(C)(CC)CN(C)CC1CC2CCC1C2. The fourth-order valence-corrected chi connectivity index (χ4v) is 4.44. The summed E-state index contributed by atoms with van der Waals surface area (Å²) in [5, 5.41) is 3.54. The van der Waals surface area contributed by atoms with E-state index in [0.29, 0.717) is 5.41 Å². The summed E-state index contributed by atoms with van der Waals surface area (Å²) in [5.74, 6) is 3.15. The minimum Gasteiger partial charge on any atom is -0.316 e. The van der Waals surface area contributed by atoms with Gasteiger partial charge in [0.2, 0.25) is 0 Å². The third-order valence-electron chi connectivity index (χ3n) is 5.74. The van der Waals surface area contributed by atoms with Gasteiger partial charge in [-0.3, -0.25) is 0 Å². The van der Waals surface area contributed by atoms with Gasteiger partial charge in [0.15, 0.2) is 0 Å². The van der Waals surface area contributed by atoms with Crippen LogP contribution < -0.4 is 5.32 Å². The van der Waals surface area contributed by atoms with Gasteiger partial charge < -0.3 is 10.2 Å². The van der Waals surface area contributed by atoms with Crippen LogP contribution in [0, 0.1) is 23.2 Å². The first-order chi connectivity index (χ1) is 9.06. The zero-order valence-electron chi connectivity index (χ0n) is 13.5. The third kappa shape index (κ3) is 3.95. The maximum Gasteiger partial charge on any atom is 0.00444 e. The molecular formula is C17H34N2. The van der Waals surface area contributed by atoms with E-state index in [1.165, 1.54) is 38.8 Å². The lowest BCUT2D eigenvalue weighted by atomic mass is 9.85. The molecular weight excluding hydrogens is 232 g/mol. The zero-order valence-corrected chi connectivity index (χ0v) is 13.5. The van der Waals surface area contributed by atoms with Gasteiger partial charge in [-0.1, -0.05) is 27.2 Å². The van der Waals surface area contributed by atoms with Crippen molar-refractivity contribution in [3.8, 4) is 0 Å². The second-order valence-corrected chi connectivity index (χ2v) is 7.58. The van der Waals surface area contributed by atoms with Crippen molar-refractivity contribution in [1.29, 1.82) is 0 Å². The van der Waals surface area contributed by atoms with Crippen LogP contribution in [0.4, 0.5) is 0 Å². The molecule has 4 atom stereocenters. The molecule has 2 saturated carbocycles. The molecule has 0 amide bonds. The van der Waals surface area contributed by atoms with Crippen LogP contribution in [0.5, 0.6) is 0 Å². The topological polar surface area (TPSA) is 15.3 Å². The largest absolute Gasteiger partial charge is 0.316 e. The van der Waals surface area contributed by atoms with Crippen LogP contribution in [0.15, 0.2) is 0 Å². The summed E-state index contributed by atoms with van der Waals surface area (Å²) in [6.07, 6.45) is 7.37. The molecule has 112 valence electrons. The molecule has 0 heterocycles. The summed E-state index contributed by atoms with van der Waals surface area (Å²) in [5.41, 5.74) is 0.433. The highest BCUT2D eigenvalue weighted by Crippen LogP contribution is 2.48. The number of nitrogens with zero attached hydrogens (tertiary/aromatic N) is 1. The first-order valence-corrected chi connectivity index (χ1v) is 8.45. The highest BCUT2D eigenvalue weighted by atomic mass is 15.1. The van der Waals surface area contributed by atoms with Crippen LogP contribution in [0.3, 0.4) is 0 Å². The average molecular weight is 266 g/mol. The standard InChI is InChI=1S/C17H34N2/c1-5-17(3,12-18-6-2)13-19(4)11-16-10-14-7-8-15(16)9-14/h14-16,18H,5-13H2,1-4H3. The van der Waals surface area contributed by atoms with Gasteiger partial charge in [-0.05, 0) is 62.4 Å². The fourth-order valence-electron chi connectivity index (χ4n) is 4.44. The molecule has 19 heavy (non-hydrogen) atoms. The molecule has 2 aliphatic rings. The van der Waals surface area contributed by atoms with Crippen LogP contribution in [-0.2, 0) is 0 Å². The van der Waals surface area contributed by atoms with Crippen molar-refractivity contribution < 1.29 is 0 Å². The Hall–Kier alpha value is -0.0800. The lowest BCUT2D eigenvalue weighted by Gasteiger charge is -2.35. The van der Waals surface area contributed by atoms with Gasteiger partial charge in [0.1, 0.15) is 0 Å². The van der Waals surface area contributed by atoms with Gasteiger partial charge in [-0.2, -0.15) is 0 Å². The van der Waals surface area contributed by atoms with E-state index in [4.69, 9.17) is 0 Å². The minimum atomic E-state index is 0.433. The predicted octanol–water partition coefficient (Wildman–Crippen LogP) is 3.38. The monoisotopic (exact) mass is 266 g/mol. The second-order valence-electron chi connectivity index (χ2n) is 7.58. The van der Waals surface area contributed by atoms with Crippen molar-refractivity contribution in [2.45, 2.75) is 52.9 Å². The smallest absolute Gasteiger partial charge is 0.00444 e. The number of fused-ring (bicyclic) bond motifs is 2. The molecule has 0 aromatic carbocycles. The van der Waals surface area contributed by atoms with Crippen LogP contribution in [-0.4, -0.2) is 38.1 Å². The number of rotatable bonds is 8. The van der Waals surface area contributed by atoms with Gasteiger partial charge in [-0.15, -0.1) is 0 Å². The van der Waals surface area contributed by atoms with E-state index in [-0.39, 0.29) is 0 Å². The summed E-state index contributed by atoms with van der Waals surface area (Å²) >= 11 is 0. The minimum absolute atomic E-state index is 0.433. The Morgan fingerprint density at radius 2 is 2.00 bits per heavy atom. The van der Waals surface area contributed by atoms with Crippen molar-refractivity contribution in [3.05, 3.63) is 0 Å². The summed E-state index contributed by atoms with van der Waals surface area (Å²) in [6, 6.07) is 0. The molecule has 0 radical (unpaired) electrons. The molecule has 0 spiro atoms. The van der Waals surface area contributed by atoms with E-state index < -0.39 is 0 Å². The molecule has 0 aromatic heterocycles. The van der Waals surface area contributed by atoms with E-state index in [0.717, 1.165) is 30.8 Å². The maximum atomic E-state index is 3.54. The second kappa shape index (κ2) is 6.58. The zero-order chi connectivity index (χ0) is 13.9. The predicted molar refractivity (Wildman–Crippen MR) is 83.4 cm³/mol. The maximum absolute atomic E-state index is 3.54. The van der Waals surface area contributed by atoms with Crippen molar-refractivity contribution >= 4 is 0 Å². The molecule has 0 saturated heterocycles. The van der Waals surface area contributed by atoms with Gasteiger partial charge in [0.05, 0.1) is 0 Å². The first-order valence-electron chi connectivity index (χ1n) is 8.45. The van der Waals surface area contributed by atoms with E-state index in [1.54, 1.807) is 6.42 Å². The third-order valence-corrected chi connectivity index (χ3v) is 5.74. The van der Waals surface area contributed by atoms with Gasteiger partial charge in [0, 0.05) is 19.6 Å². The average Bonchev–Trinajstić information content (AvgIpc) is 2.98. The molecule has 2 nitrogen and oxygen atoms in total.